The maximum Gasteiger partial charge on any atom is 0.143 e. The lowest BCUT2D eigenvalue weighted by Gasteiger charge is -2.34. The average Bonchev–Trinajstić information content (AvgIpc) is 2.32. The Bertz CT molecular complexity index is 412. The quantitative estimate of drug-likeness (QED) is 0.836. The summed E-state index contributed by atoms with van der Waals surface area (Å²) >= 11 is 11.9. The lowest BCUT2D eigenvalue weighted by Crippen LogP contribution is -2.49. The lowest BCUT2D eigenvalue weighted by atomic mass is 10.1. The Balaban J connectivity index is 2.15. The molecular formula is C12H15Cl2FN2. The number of hydrogen-bond donors (Lipinski definition) is 1. The topological polar surface area (TPSA) is 15.3 Å². The molecule has 1 atom stereocenters. The van der Waals surface area contributed by atoms with E-state index in [0.29, 0.717) is 17.6 Å². The van der Waals surface area contributed by atoms with Crippen LogP contribution in [0.25, 0.3) is 0 Å². The fourth-order valence-corrected chi connectivity index (χ4v) is 2.42. The zero-order valence-corrected chi connectivity index (χ0v) is 11.2. The molecule has 0 unspecified atom stereocenters. The molecule has 0 spiro atoms. The number of hydrogen-bond acceptors (Lipinski definition) is 2. The lowest BCUT2D eigenvalue weighted by molar-refractivity contribution is 0.165. The van der Waals surface area contributed by atoms with E-state index in [1.54, 1.807) is 6.07 Å². The molecule has 0 radical (unpaired) electrons. The minimum Gasteiger partial charge on any atom is -0.314 e. The highest BCUT2D eigenvalue weighted by atomic mass is 35.5. The first-order valence-electron chi connectivity index (χ1n) is 5.66. The van der Waals surface area contributed by atoms with Gasteiger partial charge in [0.15, 0.2) is 0 Å². The monoisotopic (exact) mass is 276 g/mol. The Kier molecular flexibility index (Phi) is 4.26. The summed E-state index contributed by atoms with van der Waals surface area (Å²) in [5.41, 5.74) is 0.881. The molecule has 1 saturated heterocycles. The van der Waals surface area contributed by atoms with Crippen molar-refractivity contribution >= 4 is 23.2 Å². The van der Waals surface area contributed by atoms with Crippen LogP contribution in [0.4, 0.5) is 4.39 Å². The molecule has 0 bridgehead atoms. The van der Waals surface area contributed by atoms with E-state index in [9.17, 15) is 4.39 Å². The van der Waals surface area contributed by atoms with Crippen LogP contribution in [0.3, 0.4) is 0 Å². The standard InChI is InChI=1S/C12H15Cl2FN2/c1-8-6-16-4-5-17(8)7-9-2-3-10(15)12(14)11(9)13/h2-3,8,16H,4-7H2,1H3/t8-/m0/s1. The van der Waals surface area contributed by atoms with Crippen molar-refractivity contribution in [2.75, 3.05) is 19.6 Å². The first-order chi connectivity index (χ1) is 8.09. The van der Waals surface area contributed by atoms with E-state index in [0.717, 1.165) is 25.2 Å². The van der Waals surface area contributed by atoms with Crippen molar-refractivity contribution in [1.29, 1.82) is 0 Å². The van der Waals surface area contributed by atoms with Gasteiger partial charge >= 0.3 is 0 Å². The van der Waals surface area contributed by atoms with E-state index in [1.807, 2.05) is 0 Å². The Morgan fingerprint density at radius 3 is 2.88 bits per heavy atom. The van der Waals surface area contributed by atoms with Gasteiger partial charge in [-0.3, -0.25) is 4.90 Å². The molecular weight excluding hydrogens is 262 g/mol. The molecule has 5 heteroatoms. The van der Waals surface area contributed by atoms with Crippen molar-refractivity contribution in [2.24, 2.45) is 0 Å². The van der Waals surface area contributed by atoms with Crippen molar-refractivity contribution in [2.45, 2.75) is 19.5 Å². The third kappa shape index (κ3) is 2.91. The second kappa shape index (κ2) is 5.53. The predicted octanol–water partition coefficient (Wildman–Crippen LogP) is 2.93. The first-order valence-corrected chi connectivity index (χ1v) is 6.42. The highest BCUT2D eigenvalue weighted by Crippen LogP contribution is 2.29. The molecule has 2 nitrogen and oxygen atoms in total. The summed E-state index contributed by atoms with van der Waals surface area (Å²) in [7, 11) is 0. The molecule has 1 N–H and O–H groups in total. The minimum absolute atomic E-state index is 0.0203. The molecule has 2 rings (SSSR count). The molecule has 1 fully saturated rings. The smallest absolute Gasteiger partial charge is 0.143 e. The number of nitrogens with one attached hydrogen (secondary N) is 1. The summed E-state index contributed by atoms with van der Waals surface area (Å²) < 4.78 is 13.2. The van der Waals surface area contributed by atoms with Crippen LogP contribution in [0.5, 0.6) is 0 Å². The summed E-state index contributed by atoms with van der Waals surface area (Å²) in [5.74, 6) is -0.464. The van der Waals surface area contributed by atoms with Crippen molar-refractivity contribution in [3.05, 3.63) is 33.6 Å². The predicted molar refractivity (Wildman–Crippen MR) is 69.2 cm³/mol. The highest BCUT2D eigenvalue weighted by molar-refractivity contribution is 6.42. The maximum atomic E-state index is 13.2. The van der Waals surface area contributed by atoms with Crippen molar-refractivity contribution < 1.29 is 4.39 Å². The number of halogens is 3. The van der Waals surface area contributed by atoms with E-state index in [2.05, 4.69) is 17.1 Å². The van der Waals surface area contributed by atoms with E-state index < -0.39 is 5.82 Å². The van der Waals surface area contributed by atoms with Crippen LogP contribution in [0, 0.1) is 5.82 Å². The van der Waals surface area contributed by atoms with E-state index in [1.165, 1.54) is 6.07 Å². The molecule has 0 aromatic heterocycles. The molecule has 1 heterocycles. The minimum atomic E-state index is -0.464. The fraction of sp³-hybridized carbons (Fsp3) is 0.500. The van der Waals surface area contributed by atoms with Gasteiger partial charge < -0.3 is 5.32 Å². The van der Waals surface area contributed by atoms with Crippen molar-refractivity contribution in [3.63, 3.8) is 0 Å². The zero-order valence-electron chi connectivity index (χ0n) is 9.64. The van der Waals surface area contributed by atoms with Crippen molar-refractivity contribution in [1.82, 2.24) is 10.2 Å². The number of nitrogens with zero attached hydrogens (tertiary/aromatic N) is 1. The Morgan fingerprint density at radius 2 is 2.18 bits per heavy atom. The van der Waals surface area contributed by atoms with Gasteiger partial charge in [-0.05, 0) is 18.6 Å². The third-order valence-electron chi connectivity index (χ3n) is 3.13. The largest absolute Gasteiger partial charge is 0.314 e. The normalized spacial score (nSPS) is 21.8. The maximum absolute atomic E-state index is 13.2. The fourth-order valence-electron chi connectivity index (χ4n) is 2.02. The number of benzene rings is 1. The van der Waals surface area contributed by atoms with Crippen LogP contribution in [0.15, 0.2) is 12.1 Å². The highest BCUT2D eigenvalue weighted by Gasteiger charge is 2.20. The summed E-state index contributed by atoms with van der Waals surface area (Å²) in [6.45, 7) is 5.77. The molecule has 1 aromatic carbocycles. The van der Waals surface area contributed by atoms with E-state index in [-0.39, 0.29) is 5.02 Å². The Labute approximate surface area is 111 Å². The van der Waals surface area contributed by atoms with Crippen LogP contribution in [0.2, 0.25) is 10.0 Å². The average molecular weight is 277 g/mol. The second-order valence-electron chi connectivity index (χ2n) is 4.36. The molecule has 1 aromatic rings. The molecule has 17 heavy (non-hydrogen) atoms. The molecule has 0 amide bonds. The third-order valence-corrected chi connectivity index (χ3v) is 4.03. The number of rotatable bonds is 2. The van der Waals surface area contributed by atoms with Gasteiger partial charge in [0.2, 0.25) is 0 Å². The van der Waals surface area contributed by atoms with Gasteiger partial charge in [-0.15, -0.1) is 0 Å². The van der Waals surface area contributed by atoms with Crippen LogP contribution in [-0.2, 0) is 6.54 Å². The van der Waals surface area contributed by atoms with Gasteiger partial charge in [-0.2, -0.15) is 0 Å². The second-order valence-corrected chi connectivity index (χ2v) is 5.11. The van der Waals surface area contributed by atoms with E-state index in [4.69, 9.17) is 23.2 Å². The molecule has 94 valence electrons. The van der Waals surface area contributed by atoms with E-state index >= 15 is 0 Å². The Hall–Kier alpha value is -0.350. The van der Waals surface area contributed by atoms with Gasteiger partial charge in [0.05, 0.1) is 10.0 Å². The summed E-state index contributed by atoms with van der Waals surface area (Å²) in [5, 5.41) is 3.68. The molecule has 0 saturated carbocycles. The Morgan fingerprint density at radius 1 is 1.41 bits per heavy atom. The summed E-state index contributed by atoms with van der Waals surface area (Å²) in [4.78, 5) is 2.31. The molecule has 0 aliphatic carbocycles. The zero-order chi connectivity index (χ0) is 12.4. The van der Waals surface area contributed by atoms with Crippen LogP contribution >= 0.6 is 23.2 Å². The van der Waals surface area contributed by atoms with Gasteiger partial charge in [0.25, 0.3) is 0 Å². The van der Waals surface area contributed by atoms with Gasteiger partial charge in [0, 0.05) is 32.2 Å². The van der Waals surface area contributed by atoms with Crippen LogP contribution in [0.1, 0.15) is 12.5 Å². The van der Waals surface area contributed by atoms with Gasteiger partial charge in [-0.1, -0.05) is 29.3 Å². The SMILES string of the molecule is C[C@H]1CNCCN1Cc1ccc(F)c(Cl)c1Cl. The summed E-state index contributed by atoms with van der Waals surface area (Å²) in [6, 6.07) is 3.53. The number of piperazine rings is 1. The molecule has 1 aliphatic rings. The van der Waals surface area contributed by atoms with Gasteiger partial charge in [0.1, 0.15) is 5.82 Å². The first kappa shape index (κ1) is 13.1. The van der Waals surface area contributed by atoms with Crippen LogP contribution < -0.4 is 5.32 Å². The summed E-state index contributed by atoms with van der Waals surface area (Å²) in [6.07, 6.45) is 0. The van der Waals surface area contributed by atoms with Crippen LogP contribution in [-0.4, -0.2) is 30.6 Å². The van der Waals surface area contributed by atoms with Crippen molar-refractivity contribution in [3.8, 4) is 0 Å². The van der Waals surface area contributed by atoms with Gasteiger partial charge in [-0.25, -0.2) is 4.39 Å². The molecule has 1 aliphatic heterocycles.